The highest BCUT2D eigenvalue weighted by atomic mass is 35.5. The Morgan fingerprint density at radius 3 is 2.65 bits per heavy atom. The summed E-state index contributed by atoms with van der Waals surface area (Å²) < 4.78 is 6.18. The van der Waals surface area contributed by atoms with Gasteiger partial charge in [0.05, 0.1) is 28.6 Å². The number of nitro benzene ring substituents is 1. The third-order valence-electron chi connectivity index (χ3n) is 3.21. The first-order valence-electron chi connectivity index (χ1n) is 6.73. The van der Waals surface area contributed by atoms with E-state index in [0.717, 1.165) is 4.68 Å². The number of halogens is 1. The van der Waals surface area contributed by atoms with Gasteiger partial charge in [0.15, 0.2) is 0 Å². The lowest BCUT2D eigenvalue weighted by molar-refractivity contribution is -0.384. The molecule has 1 aromatic carbocycles. The molecular formula is C14H15ClN4O4. The largest absolute Gasteiger partial charge is 0.380 e. The Hall–Kier alpha value is -2.45. The van der Waals surface area contributed by atoms with Gasteiger partial charge in [0.2, 0.25) is 0 Å². The van der Waals surface area contributed by atoms with E-state index in [1.165, 1.54) is 30.5 Å². The van der Waals surface area contributed by atoms with Crippen LogP contribution < -0.4 is 10.9 Å². The first-order valence-corrected chi connectivity index (χ1v) is 7.11. The Morgan fingerprint density at radius 1 is 1.43 bits per heavy atom. The van der Waals surface area contributed by atoms with E-state index >= 15 is 0 Å². The lowest BCUT2D eigenvalue weighted by atomic mass is 10.3. The minimum atomic E-state index is -0.518. The fourth-order valence-electron chi connectivity index (χ4n) is 1.79. The Bertz CT molecular complexity index is 760. The molecule has 0 bridgehead atoms. The number of rotatable bonds is 6. The van der Waals surface area contributed by atoms with Crippen molar-refractivity contribution >= 4 is 23.0 Å². The summed E-state index contributed by atoms with van der Waals surface area (Å²) in [6.07, 6.45) is 1.37. The van der Waals surface area contributed by atoms with Crippen molar-refractivity contribution < 1.29 is 9.66 Å². The Kier molecular flexibility index (Phi) is 5.30. The number of nitrogens with zero attached hydrogens (tertiary/aromatic N) is 3. The highest BCUT2D eigenvalue weighted by Gasteiger charge is 2.12. The molecule has 0 saturated carbocycles. The molecule has 0 aliphatic heterocycles. The van der Waals surface area contributed by atoms with Crippen LogP contribution in [0.25, 0.3) is 5.69 Å². The molecule has 0 radical (unpaired) electrons. The number of aromatic nitrogens is 2. The second-order valence-corrected chi connectivity index (χ2v) is 5.17. The van der Waals surface area contributed by atoms with E-state index < -0.39 is 10.5 Å². The maximum atomic E-state index is 12.3. The zero-order valence-electron chi connectivity index (χ0n) is 12.5. The van der Waals surface area contributed by atoms with Crippen LogP contribution >= 0.6 is 11.6 Å². The summed E-state index contributed by atoms with van der Waals surface area (Å²) >= 11 is 6.07. The van der Waals surface area contributed by atoms with E-state index in [0.29, 0.717) is 17.9 Å². The fraction of sp³-hybridized carbons (Fsp3) is 0.286. The molecule has 2 rings (SSSR count). The molecule has 1 N–H and O–H groups in total. The summed E-state index contributed by atoms with van der Waals surface area (Å²) in [5.41, 5.74) is 0.202. The summed E-state index contributed by atoms with van der Waals surface area (Å²) in [5.74, 6) is 0. The second kappa shape index (κ2) is 7.21. The highest BCUT2D eigenvalue weighted by Crippen LogP contribution is 2.18. The Balaban J connectivity index is 2.29. The van der Waals surface area contributed by atoms with E-state index in [2.05, 4.69) is 10.4 Å². The minimum Gasteiger partial charge on any atom is -0.380 e. The molecule has 0 spiro atoms. The van der Waals surface area contributed by atoms with Crippen molar-refractivity contribution in [3.05, 3.63) is 56.0 Å². The number of ether oxygens (including phenoxy) is 1. The van der Waals surface area contributed by atoms with Crippen molar-refractivity contribution in [2.45, 2.75) is 13.0 Å². The maximum Gasteiger partial charge on any atom is 0.292 e. The zero-order chi connectivity index (χ0) is 17.0. The smallest absolute Gasteiger partial charge is 0.292 e. The number of benzene rings is 1. The van der Waals surface area contributed by atoms with Crippen molar-refractivity contribution in [3.8, 4) is 5.69 Å². The Labute approximate surface area is 136 Å². The topological polar surface area (TPSA) is 99.3 Å². The SMILES string of the molecule is COC(C)CNc1cnn(-c2ccc([N+](=O)[O-])cc2)c(=O)c1Cl. The van der Waals surface area contributed by atoms with Crippen LogP contribution in [0, 0.1) is 10.1 Å². The van der Waals surface area contributed by atoms with Gasteiger partial charge in [-0.05, 0) is 19.1 Å². The number of methoxy groups -OCH3 is 1. The van der Waals surface area contributed by atoms with Gasteiger partial charge >= 0.3 is 0 Å². The molecule has 0 aliphatic rings. The lowest BCUT2D eigenvalue weighted by Crippen LogP contribution is -2.24. The third-order valence-corrected chi connectivity index (χ3v) is 3.57. The minimum absolute atomic E-state index is 0.0124. The average molecular weight is 339 g/mol. The number of anilines is 1. The van der Waals surface area contributed by atoms with E-state index in [9.17, 15) is 14.9 Å². The normalized spacial score (nSPS) is 12.0. The van der Waals surface area contributed by atoms with E-state index in [1.807, 2.05) is 6.92 Å². The first-order chi connectivity index (χ1) is 10.9. The molecule has 1 unspecified atom stereocenters. The fourth-order valence-corrected chi connectivity index (χ4v) is 1.99. The summed E-state index contributed by atoms with van der Waals surface area (Å²) in [4.78, 5) is 22.4. The molecule has 0 fully saturated rings. The van der Waals surface area contributed by atoms with Gasteiger partial charge in [-0.25, -0.2) is 0 Å². The van der Waals surface area contributed by atoms with Crippen LogP contribution in [0.4, 0.5) is 11.4 Å². The summed E-state index contributed by atoms with van der Waals surface area (Å²) in [5, 5.41) is 17.7. The van der Waals surface area contributed by atoms with Gasteiger partial charge in [-0.15, -0.1) is 0 Å². The van der Waals surface area contributed by atoms with Crippen molar-refractivity contribution in [1.29, 1.82) is 0 Å². The predicted octanol–water partition coefficient (Wildman–Crippen LogP) is 2.24. The third kappa shape index (κ3) is 3.85. The summed E-state index contributed by atoms with van der Waals surface area (Å²) in [7, 11) is 1.58. The average Bonchev–Trinajstić information content (AvgIpc) is 2.56. The van der Waals surface area contributed by atoms with Gasteiger partial charge in [-0.1, -0.05) is 11.6 Å². The van der Waals surface area contributed by atoms with Crippen LogP contribution in [0.15, 0.2) is 35.3 Å². The number of hydrogen-bond acceptors (Lipinski definition) is 6. The quantitative estimate of drug-likeness (QED) is 0.640. The van der Waals surface area contributed by atoms with Crippen molar-refractivity contribution in [1.82, 2.24) is 9.78 Å². The van der Waals surface area contributed by atoms with Gasteiger partial charge in [-0.3, -0.25) is 14.9 Å². The molecule has 0 amide bonds. The van der Waals surface area contributed by atoms with Crippen molar-refractivity contribution in [2.75, 3.05) is 19.0 Å². The van der Waals surface area contributed by atoms with Crippen LogP contribution in [-0.4, -0.2) is 34.5 Å². The molecule has 9 heteroatoms. The molecule has 122 valence electrons. The van der Waals surface area contributed by atoms with Gasteiger partial charge in [0.1, 0.15) is 5.02 Å². The summed E-state index contributed by atoms with van der Waals surface area (Å²) in [6, 6.07) is 5.46. The van der Waals surface area contributed by atoms with Crippen LogP contribution in [-0.2, 0) is 4.74 Å². The number of non-ortho nitro benzene ring substituents is 1. The molecule has 8 nitrogen and oxygen atoms in total. The van der Waals surface area contributed by atoms with Gasteiger partial charge in [0.25, 0.3) is 11.2 Å². The molecule has 1 aromatic heterocycles. The van der Waals surface area contributed by atoms with E-state index in [1.54, 1.807) is 7.11 Å². The first kappa shape index (κ1) is 16.9. The number of nitrogens with one attached hydrogen (secondary N) is 1. The van der Waals surface area contributed by atoms with Crippen LogP contribution in [0.2, 0.25) is 5.02 Å². The zero-order valence-corrected chi connectivity index (χ0v) is 13.3. The van der Waals surface area contributed by atoms with Crippen LogP contribution in [0.5, 0.6) is 0 Å². The maximum absolute atomic E-state index is 12.3. The Morgan fingerprint density at radius 2 is 2.09 bits per heavy atom. The van der Waals surface area contributed by atoms with Gasteiger partial charge in [-0.2, -0.15) is 9.78 Å². The monoisotopic (exact) mass is 338 g/mol. The predicted molar refractivity (Wildman–Crippen MR) is 86.5 cm³/mol. The van der Waals surface area contributed by atoms with Crippen molar-refractivity contribution in [2.24, 2.45) is 0 Å². The van der Waals surface area contributed by atoms with E-state index in [4.69, 9.17) is 16.3 Å². The second-order valence-electron chi connectivity index (χ2n) is 4.79. The van der Waals surface area contributed by atoms with Crippen LogP contribution in [0.3, 0.4) is 0 Å². The highest BCUT2D eigenvalue weighted by molar-refractivity contribution is 6.32. The van der Waals surface area contributed by atoms with Gasteiger partial charge < -0.3 is 10.1 Å². The van der Waals surface area contributed by atoms with Crippen LogP contribution in [0.1, 0.15) is 6.92 Å². The molecule has 23 heavy (non-hydrogen) atoms. The molecule has 2 aromatic rings. The number of nitro groups is 1. The number of hydrogen-bond donors (Lipinski definition) is 1. The molecule has 0 aliphatic carbocycles. The standard InChI is InChI=1S/C14H15ClN4O4/c1-9(23-2)7-16-12-8-17-18(14(20)13(12)15)10-3-5-11(6-4-10)19(21)22/h3-6,8-9,16H,7H2,1-2H3. The van der Waals surface area contributed by atoms with Gasteiger partial charge in [0, 0.05) is 25.8 Å². The van der Waals surface area contributed by atoms with E-state index in [-0.39, 0.29) is 16.8 Å². The van der Waals surface area contributed by atoms with Crippen molar-refractivity contribution in [3.63, 3.8) is 0 Å². The lowest BCUT2D eigenvalue weighted by Gasteiger charge is -2.13. The summed E-state index contributed by atoms with van der Waals surface area (Å²) in [6.45, 7) is 2.34. The molecular weight excluding hydrogens is 324 g/mol. The molecule has 0 saturated heterocycles. The molecule has 1 heterocycles. The molecule has 1 atom stereocenters.